The Balaban J connectivity index is 2.15. The van der Waals surface area contributed by atoms with E-state index in [0.29, 0.717) is 23.5 Å². The molecule has 3 nitrogen and oxygen atoms in total. The number of hydrogen-bond acceptors (Lipinski definition) is 3. The van der Waals surface area contributed by atoms with Crippen molar-refractivity contribution in [3.63, 3.8) is 0 Å². The predicted molar refractivity (Wildman–Crippen MR) is 79.6 cm³/mol. The summed E-state index contributed by atoms with van der Waals surface area (Å²) in [7, 11) is 0. The predicted octanol–water partition coefficient (Wildman–Crippen LogP) is 4.10. The average molecular weight is 330 g/mol. The molecular formula is C16H12BrNO2. The van der Waals surface area contributed by atoms with Gasteiger partial charge in [-0.25, -0.2) is 0 Å². The van der Waals surface area contributed by atoms with Crippen molar-refractivity contribution in [2.24, 2.45) is 0 Å². The first-order chi connectivity index (χ1) is 9.60. The fourth-order valence-corrected chi connectivity index (χ4v) is 2.08. The van der Waals surface area contributed by atoms with Crippen molar-refractivity contribution in [2.45, 2.75) is 13.5 Å². The van der Waals surface area contributed by atoms with E-state index >= 15 is 0 Å². The number of carbonyl (C=O) groups is 1. The minimum absolute atomic E-state index is 0.0349. The smallest absolute Gasteiger partial charge is 0.163 e. The third kappa shape index (κ3) is 3.46. The maximum atomic E-state index is 11.5. The Morgan fingerprint density at radius 1 is 1.25 bits per heavy atom. The van der Waals surface area contributed by atoms with E-state index < -0.39 is 0 Å². The molecular weight excluding hydrogens is 318 g/mol. The van der Waals surface area contributed by atoms with Gasteiger partial charge in [-0.15, -0.1) is 0 Å². The highest BCUT2D eigenvalue weighted by Gasteiger charge is 2.09. The number of carbonyl (C=O) groups excluding carboxylic acids is 1. The van der Waals surface area contributed by atoms with Crippen LogP contribution in [-0.2, 0) is 6.61 Å². The number of nitrogens with zero attached hydrogens (tertiary/aromatic N) is 1. The van der Waals surface area contributed by atoms with Crippen LogP contribution in [0.3, 0.4) is 0 Å². The van der Waals surface area contributed by atoms with Crippen LogP contribution in [0.2, 0.25) is 0 Å². The minimum Gasteiger partial charge on any atom is -0.488 e. The molecule has 0 spiro atoms. The lowest BCUT2D eigenvalue weighted by Crippen LogP contribution is -2.01. The summed E-state index contributed by atoms with van der Waals surface area (Å²) in [6.45, 7) is 1.86. The van der Waals surface area contributed by atoms with Crippen LogP contribution in [-0.4, -0.2) is 5.78 Å². The summed E-state index contributed by atoms with van der Waals surface area (Å²) < 4.78 is 6.56. The molecule has 0 radical (unpaired) electrons. The highest BCUT2D eigenvalue weighted by atomic mass is 79.9. The number of Topliss-reactive ketones (excluding diaryl/α,β-unsaturated/α-hetero) is 1. The molecule has 0 atom stereocenters. The molecule has 0 bridgehead atoms. The number of ketones is 1. The Morgan fingerprint density at radius 3 is 2.55 bits per heavy atom. The Hall–Kier alpha value is -2.12. The van der Waals surface area contributed by atoms with Crippen molar-refractivity contribution in [1.29, 1.82) is 5.26 Å². The molecule has 0 saturated heterocycles. The van der Waals surface area contributed by atoms with Gasteiger partial charge in [0.05, 0.1) is 17.2 Å². The van der Waals surface area contributed by atoms with E-state index in [-0.39, 0.29) is 5.78 Å². The molecule has 0 N–H and O–H groups in total. The van der Waals surface area contributed by atoms with Crippen molar-refractivity contribution in [2.75, 3.05) is 0 Å². The Kier molecular flexibility index (Phi) is 4.54. The van der Waals surface area contributed by atoms with Gasteiger partial charge in [-0.1, -0.05) is 28.1 Å². The van der Waals surface area contributed by atoms with Gasteiger partial charge in [0.15, 0.2) is 5.78 Å². The Morgan fingerprint density at radius 2 is 1.95 bits per heavy atom. The van der Waals surface area contributed by atoms with Gasteiger partial charge in [0.25, 0.3) is 0 Å². The molecule has 100 valence electrons. The third-order valence-corrected chi connectivity index (χ3v) is 3.29. The van der Waals surface area contributed by atoms with Crippen LogP contribution in [0.5, 0.6) is 5.75 Å². The van der Waals surface area contributed by atoms with Crippen LogP contribution < -0.4 is 4.74 Å². The summed E-state index contributed by atoms with van der Waals surface area (Å²) in [6, 6.07) is 14.6. The second-order valence-electron chi connectivity index (χ2n) is 4.29. The molecule has 0 aliphatic rings. The number of halogens is 1. The zero-order valence-corrected chi connectivity index (χ0v) is 12.5. The van der Waals surface area contributed by atoms with Gasteiger partial charge in [0, 0.05) is 4.47 Å². The number of nitriles is 1. The topological polar surface area (TPSA) is 50.1 Å². The van der Waals surface area contributed by atoms with E-state index in [4.69, 9.17) is 10.00 Å². The third-order valence-electron chi connectivity index (χ3n) is 2.80. The first kappa shape index (κ1) is 14.3. The van der Waals surface area contributed by atoms with Gasteiger partial charge >= 0.3 is 0 Å². The molecule has 20 heavy (non-hydrogen) atoms. The maximum Gasteiger partial charge on any atom is 0.163 e. The molecule has 0 heterocycles. The van der Waals surface area contributed by atoms with E-state index in [1.807, 2.05) is 18.2 Å². The van der Waals surface area contributed by atoms with Crippen molar-refractivity contribution < 1.29 is 9.53 Å². The second kappa shape index (κ2) is 6.36. The molecule has 0 aliphatic heterocycles. The van der Waals surface area contributed by atoms with Gasteiger partial charge in [-0.05, 0) is 42.8 Å². The van der Waals surface area contributed by atoms with Crippen molar-refractivity contribution in [1.82, 2.24) is 0 Å². The van der Waals surface area contributed by atoms with Crippen LogP contribution in [0, 0.1) is 11.3 Å². The van der Waals surface area contributed by atoms with Crippen LogP contribution >= 0.6 is 15.9 Å². The largest absolute Gasteiger partial charge is 0.488 e. The minimum atomic E-state index is -0.0349. The number of hydrogen-bond donors (Lipinski definition) is 0. The van der Waals surface area contributed by atoms with Crippen LogP contribution in [0.4, 0.5) is 0 Å². The lowest BCUT2D eigenvalue weighted by Gasteiger charge is -2.10. The molecule has 0 fully saturated rings. The number of ether oxygens (including phenoxy) is 1. The molecule has 2 rings (SSSR count). The van der Waals surface area contributed by atoms with E-state index in [2.05, 4.69) is 22.0 Å². The quantitative estimate of drug-likeness (QED) is 0.793. The summed E-state index contributed by atoms with van der Waals surface area (Å²) in [6.07, 6.45) is 0. The van der Waals surface area contributed by atoms with Crippen LogP contribution in [0.25, 0.3) is 0 Å². The normalized spacial score (nSPS) is 9.85. The van der Waals surface area contributed by atoms with Gasteiger partial charge in [0.2, 0.25) is 0 Å². The van der Waals surface area contributed by atoms with Crippen molar-refractivity contribution in [3.8, 4) is 11.8 Å². The zero-order valence-electron chi connectivity index (χ0n) is 10.9. The highest BCUT2D eigenvalue weighted by Crippen LogP contribution is 2.25. The van der Waals surface area contributed by atoms with E-state index in [1.54, 1.807) is 24.3 Å². The molecule has 0 aliphatic carbocycles. The molecule has 0 aromatic heterocycles. The average Bonchev–Trinajstić information content (AvgIpc) is 2.45. The lowest BCUT2D eigenvalue weighted by molar-refractivity contribution is 0.101. The summed E-state index contributed by atoms with van der Waals surface area (Å²) in [5.41, 5.74) is 2.11. The molecule has 2 aromatic rings. The second-order valence-corrected chi connectivity index (χ2v) is 5.21. The van der Waals surface area contributed by atoms with Crippen molar-refractivity contribution >= 4 is 21.7 Å². The Labute approximate surface area is 125 Å². The van der Waals surface area contributed by atoms with Crippen LogP contribution in [0.1, 0.15) is 28.4 Å². The van der Waals surface area contributed by atoms with Gasteiger partial charge in [-0.3, -0.25) is 4.79 Å². The fourth-order valence-electron chi connectivity index (χ4n) is 1.74. The van der Waals surface area contributed by atoms with Gasteiger partial charge < -0.3 is 4.74 Å². The Bertz CT molecular complexity index is 672. The van der Waals surface area contributed by atoms with E-state index in [1.165, 1.54) is 6.92 Å². The molecule has 2 aromatic carbocycles. The SMILES string of the molecule is CC(=O)c1ccc(Br)cc1OCc1ccc(C#N)cc1. The zero-order chi connectivity index (χ0) is 14.5. The van der Waals surface area contributed by atoms with Gasteiger partial charge in [-0.2, -0.15) is 5.26 Å². The maximum absolute atomic E-state index is 11.5. The monoisotopic (exact) mass is 329 g/mol. The van der Waals surface area contributed by atoms with Crippen molar-refractivity contribution in [3.05, 3.63) is 63.6 Å². The first-order valence-corrected chi connectivity index (χ1v) is 6.82. The molecule has 0 amide bonds. The molecule has 0 saturated carbocycles. The van der Waals surface area contributed by atoms with Gasteiger partial charge in [0.1, 0.15) is 12.4 Å². The lowest BCUT2D eigenvalue weighted by atomic mass is 10.1. The summed E-state index contributed by atoms with van der Waals surface area (Å²) in [5, 5.41) is 8.74. The summed E-state index contributed by atoms with van der Waals surface area (Å²) in [4.78, 5) is 11.5. The van der Waals surface area contributed by atoms with E-state index in [0.717, 1.165) is 10.0 Å². The standard InChI is InChI=1S/C16H12BrNO2/c1-11(19)15-7-6-14(17)8-16(15)20-10-13-4-2-12(9-18)3-5-13/h2-8H,10H2,1H3. The number of rotatable bonds is 4. The van der Waals surface area contributed by atoms with E-state index in [9.17, 15) is 4.79 Å². The molecule has 0 unspecified atom stereocenters. The van der Waals surface area contributed by atoms with Crippen LogP contribution in [0.15, 0.2) is 46.9 Å². The highest BCUT2D eigenvalue weighted by molar-refractivity contribution is 9.10. The summed E-state index contributed by atoms with van der Waals surface area (Å²) in [5.74, 6) is 0.517. The number of benzene rings is 2. The summed E-state index contributed by atoms with van der Waals surface area (Å²) >= 11 is 3.36. The first-order valence-electron chi connectivity index (χ1n) is 6.02. The molecule has 4 heteroatoms. The fraction of sp³-hybridized carbons (Fsp3) is 0.125.